The number of piperidine rings is 1. The van der Waals surface area contributed by atoms with Crippen molar-refractivity contribution in [1.82, 2.24) is 15.3 Å². The number of aromatic nitrogens is 2. The van der Waals surface area contributed by atoms with Crippen LogP contribution in [0.1, 0.15) is 40.5 Å². The van der Waals surface area contributed by atoms with Crippen molar-refractivity contribution in [3.8, 4) is 5.88 Å². The molecule has 1 aliphatic heterocycles. The van der Waals surface area contributed by atoms with Gasteiger partial charge in [0.15, 0.2) is 0 Å². The SMILES string of the molecule is CCOc1cc(N2CCC[C@H](NC(=O)OC(C)(C)C)C2)ncn1. The van der Waals surface area contributed by atoms with Crippen molar-refractivity contribution in [3.05, 3.63) is 12.4 Å². The van der Waals surface area contributed by atoms with Gasteiger partial charge in [-0.2, -0.15) is 0 Å². The number of hydrogen-bond acceptors (Lipinski definition) is 6. The maximum atomic E-state index is 11.9. The van der Waals surface area contributed by atoms with Crippen LogP contribution < -0.4 is 15.0 Å². The smallest absolute Gasteiger partial charge is 0.407 e. The molecular weight excluding hydrogens is 296 g/mol. The molecule has 23 heavy (non-hydrogen) atoms. The van der Waals surface area contributed by atoms with E-state index in [0.29, 0.717) is 19.0 Å². The van der Waals surface area contributed by atoms with Crippen LogP contribution in [-0.4, -0.2) is 47.4 Å². The van der Waals surface area contributed by atoms with Gasteiger partial charge in [0, 0.05) is 25.2 Å². The average molecular weight is 322 g/mol. The Morgan fingerprint density at radius 1 is 1.43 bits per heavy atom. The van der Waals surface area contributed by atoms with Crippen LogP contribution in [0.2, 0.25) is 0 Å². The predicted octanol–water partition coefficient (Wildman–Crippen LogP) is 2.37. The van der Waals surface area contributed by atoms with Crippen LogP contribution in [0.5, 0.6) is 5.88 Å². The first-order valence-corrected chi connectivity index (χ1v) is 8.06. The molecule has 128 valence electrons. The second kappa shape index (κ2) is 7.48. The highest BCUT2D eigenvalue weighted by atomic mass is 16.6. The number of hydrogen-bond donors (Lipinski definition) is 1. The van der Waals surface area contributed by atoms with Gasteiger partial charge in [0.05, 0.1) is 6.61 Å². The Bertz CT molecular complexity index is 530. The molecule has 0 bridgehead atoms. The second-order valence-electron chi connectivity index (χ2n) is 6.58. The van der Waals surface area contributed by atoms with Gasteiger partial charge in [-0.15, -0.1) is 0 Å². The molecule has 1 N–H and O–H groups in total. The standard InChI is InChI=1S/C16H26N4O3/c1-5-22-14-9-13(17-11-18-14)20-8-6-7-12(10-20)19-15(21)23-16(2,3)4/h9,11-12H,5-8,10H2,1-4H3,(H,19,21)/t12-/m0/s1. The normalized spacial score (nSPS) is 18.4. The van der Waals surface area contributed by atoms with Gasteiger partial charge in [0.2, 0.25) is 5.88 Å². The summed E-state index contributed by atoms with van der Waals surface area (Å²) in [6, 6.07) is 1.88. The Labute approximate surface area is 137 Å². The van der Waals surface area contributed by atoms with Crippen LogP contribution in [-0.2, 0) is 4.74 Å². The summed E-state index contributed by atoms with van der Waals surface area (Å²) in [6.45, 7) is 9.65. The fraction of sp³-hybridized carbons (Fsp3) is 0.688. The van der Waals surface area contributed by atoms with Crippen molar-refractivity contribution in [1.29, 1.82) is 0 Å². The Morgan fingerprint density at radius 3 is 2.91 bits per heavy atom. The number of carbonyl (C=O) groups is 1. The maximum absolute atomic E-state index is 11.9. The molecular formula is C16H26N4O3. The summed E-state index contributed by atoms with van der Waals surface area (Å²) in [4.78, 5) is 22.4. The second-order valence-corrected chi connectivity index (χ2v) is 6.58. The highest BCUT2D eigenvalue weighted by Crippen LogP contribution is 2.20. The molecule has 1 aliphatic rings. The molecule has 1 amide bonds. The van der Waals surface area contributed by atoms with E-state index >= 15 is 0 Å². The van der Waals surface area contributed by atoms with Crippen LogP contribution in [0.4, 0.5) is 10.6 Å². The Kier molecular flexibility index (Phi) is 5.63. The van der Waals surface area contributed by atoms with Gasteiger partial charge >= 0.3 is 6.09 Å². The molecule has 1 atom stereocenters. The van der Waals surface area contributed by atoms with Crippen LogP contribution in [0.3, 0.4) is 0 Å². The molecule has 0 radical (unpaired) electrons. The van der Waals surface area contributed by atoms with Gasteiger partial charge in [-0.05, 0) is 40.5 Å². The van der Waals surface area contributed by atoms with Crippen molar-refractivity contribution in [3.63, 3.8) is 0 Å². The average Bonchev–Trinajstić information content (AvgIpc) is 2.46. The fourth-order valence-electron chi connectivity index (χ4n) is 2.51. The summed E-state index contributed by atoms with van der Waals surface area (Å²) < 4.78 is 10.7. The maximum Gasteiger partial charge on any atom is 0.407 e. The van der Waals surface area contributed by atoms with E-state index < -0.39 is 5.60 Å². The molecule has 0 aliphatic carbocycles. The molecule has 2 heterocycles. The monoisotopic (exact) mass is 322 g/mol. The van der Waals surface area contributed by atoms with Gasteiger partial charge in [-0.3, -0.25) is 0 Å². The predicted molar refractivity (Wildman–Crippen MR) is 87.8 cm³/mol. The summed E-state index contributed by atoms with van der Waals surface area (Å²) >= 11 is 0. The van der Waals surface area contributed by atoms with Crippen LogP contribution in [0.15, 0.2) is 12.4 Å². The lowest BCUT2D eigenvalue weighted by Gasteiger charge is -2.34. The van der Waals surface area contributed by atoms with Gasteiger partial charge in [0.25, 0.3) is 0 Å². The van der Waals surface area contributed by atoms with Crippen molar-refractivity contribution in [2.75, 3.05) is 24.6 Å². The third-order valence-corrected chi connectivity index (χ3v) is 3.39. The first-order chi connectivity index (χ1) is 10.9. The highest BCUT2D eigenvalue weighted by Gasteiger charge is 2.25. The number of anilines is 1. The molecule has 2 rings (SSSR count). The minimum atomic E-state index is -0.489. The molecule has 1 aromatic heterocycles. The minimum absolute atomic E-state index is 0.0455. The molecule has 0 saturated carbocycles. The van der Waals surface area contributed by atoms with Crippen molar-refractivity contribution in [2.24, 2.45) is 0 Å². The summed E-state index contributed by atoms with van der Waals surface area (Å²) in [7, 11) is 0. The quantitative estimate of drug-likeness (QED) is 0.917. The molecule has 1 aromatic rings. The summed E-state index contributed by atoms with van der Waals surface area (Å²) in [6.07, 6.45) is 3.04. The summed E-state index contributed by atoms with van der Waals surface area (Å²) in [5.41, 5.74) is -0.489. The zero-order valence-electron chi connectivity index (χ0n) is 14.3. The van der Waals surface area contributed by atoms with Gasteiger partial charge < -0.3 is 19.7 Å². The van der Waals surface area contributed by atoms with Crippen LogP contribution in [0.25, 0.3) is 0 Å². The fourth-order valence-corrected chi connectivity index (χ4v) is 2.51. The number of ether oxygens (including phenoxy) is 2. The van der Waals surface area contributed by atoms with Crippen molar-refractivity contribution >= 4 is 11.9 Å². The molecule has 7 nitrogen and oxygen atoms in total. The van der Waals surface area contributed by atoms with E-state index in [0.717, 1.165) is 25.2 Å². The van der Waals surface area contributed by atoms with E-state index in [2.05, 4.69) is 20.2 Å². The number of carbonyl (C=O) groups excluding carboxylic acids is 1. The van der Waals surface area contributed by atoms with Gasteiger partial charge in [-0.25, -0.2) is 14.8 Å². The largest absolute Gasteiger partial charge is 0.478 e. The third-order valence-electron chi connectivity index (χ3n) is 3.39. The van der Waals surface area contributed by atoms with E-state index in [-0.39, 0.29) is 12.1 Å². The lowest BCUT2D eigenvalue weighted by atomic mass is 10.1. The first kappa shape index (κ1) is 17.3. The van der Waals surface area contributed by atoms with Crippen LogP contribution in [0, 0.1) is 0 Å². The molecule has 0 unspecified atom stereocenters. The number of nitrogens with zero attached hydrogens (tertiary/aromatic N) is 3. The van der Waals surface area contributed by atoms with Gasteiger partial charge in [0.1, 0.15) is 17.7 Å². The molecule has 7 heteroatoms. The molecule has 1 saturated heterocycles. The molecule has 0 spiro atoms. The van der Waals surface area contributed by atoms with E-state index in [9.17, 15) is 4.79 Å². The lowest BCUT2D eigenvalue weighted by Crippen LogP contribution is -2.49. The number of alkyl carbamates (subject to hydrolysis) is 1. The number of amides is 1. The van der Waals surface area contributed by atoms with Gasteiger partial charge in [-0.1, -0.05) is 0 Å². The summed E-state index contributed by atoms with van der Waals surface area (Å²) in [5, 5.41) is 2.94. The Hall–Kier alpha value is -2.05. The third kappa shape index (κ3) is 5.58. The Morgan fingerprint density at radius 2 is 2.22 bits per heavy atom. The number of nitrogens with one attached hydrogen (secondary N) is 1. The zero-order chi connectivity index (χ0) is 16.9. The van der Waals surface area contributed by atoms with Crippen LogP contribution >= 0.6 is 0 Å². The van der Waals surface area contributed by atoms with Crippen molar-refractivity contribution < 1.29 is 14.3 Å². The molecule has 1 fully saturated rings. The van der Waals surface area contributed by atoms with E-state index in [1.807, 2.05) is 33.8 Å². The highest BCUT2D eigenvalue weighted by molar-refractivity contribution is 5.68. The molecule has 0 aromatic carbocycles. The first-order valence-electron chi connectivity index (χ1n) is 8.06. The summed E-state index contributed by atoms with van der Waals surface area (Å²) in [5.74, 6) is 1.39. The Balaban J connectivity index is 1.95. The van der Waals surface area contributed by atoms with E-state index in [1.54, 1.807) is 0 Å². The van der Waals surface area contributed by atoms with E-state index in [4.69, 9.17) is 9.47 Å². The van der Waals surface area contributed by atoms with Crippen molar-refractivity contribution in [2.45, 2.75) is 52.2 Å². The minimum Gasteiger partial charge on any atom is -0.478 e. The lowest BCUT2D eigenvalue weighted by molar-refractivity contribution is 0.0500. The topological polar surface area (TPSA) is 76.6 Å². The number of rotatable bonds is 4. The van der Waals surface area contributed by atoms with E-state index in [1.165, 1.54) is 6.33 Å². The zero-order valence-corrected chi connectivity index (χ0v) is 14.3.